The number of benzene rings is 2. The van der Waals surface area contributed by atoms with Crippen molar-refractivity contribution in [2.75, 3.05) is 7.11 Å². The number of methoxy groups -OCH3 is 1. The lowest BCUT2D eigenvalue weighted by atomic mass is 9.87. The first kappa shape index (κ1) is 28.3. The lowest BCUT2D eigenvalue weighted by Crippen LogP contribution is -2.29. The number of aliphatic hydroxyl groups is 1. The second-order valence-corrected chi connectivity index (χ2v) is 9.38. The number of aromatic nitrogens is 2. The maximum Gasteiger partial charge on any atom is 0.212 e. The summed E-state index contributed by atoms with van der Waals surface area (Å²) in [5.41, 5.74) is 2.73. The molecule has 0 radical (unpaired) electrons. The molecule has 37 heavy (non-hydrogen) atoms. The number of ether oxygens (including phenoxy) is 1. The zero-order valence-corrected chi connectivity index (χ0v) is 22.4. The van der Waals surface area contributed by atoms with Crippen LogP contribution in [0.25, 0.3) is 0 Å². The van der Waals surface area contributed by atoms with Crippen molar-refractivity contribution in [3.05, 3.63) is 129 Å². The molecular formula is C29H29Cl2N3O3. The summed E-state index contributed by atoms with van der Waals surface area (Å²) in [6.45, 7) is 3.95. The largest absolute Gasteiger partial charge is 0.381 e. The number of rotatable bonds is 8. The van der Waals surface area contributed by atoms with E-state index in [1.807, 2.05) is 55.5 Å². The van der Waals surface area contributed by atoms with Gasteiger partial charge in [-0.15, -0.1) is 0 Å². The lowest BCUT2D eigenvalue weighted by Gasteiger charge is -2.30. The third-order valence-corrected chi connectivity index (χ3v) is 6.34. The molecule has 4 aromatic rings. The van der Waals surface area contributed by atoms with Crippen LogP contribution in [0.2, 0.25) is 10.0 Å². The van der Waals surface area contributed by atoms with Gasteiger partial charge < -0.3 is 14.7 Å². The number of aryl methyl sites for hydroxylation is 1. The number of hydrogen-bond donors (Lipinski definition) is 1. The second-order valence-electron chi connectivity index (χ2n) is 8.51. The van der Waals surface area contributed by atoms with Gasteiger partial charge in [0.05, 0.1) is 17.3 Å². The molecular weight excluding hydrogens is 509 g/mol. The number of carbonyl (C=O) groups is 1. The summed E-state index contributed by atoms with van der Waals surface area (Å²) in [6.07, 6.45) is 4.99. The zero-order chi connectivity index (χ0) is 26.8. The topological polar surface area (TPSA) is 75.6 Å². The molecule has 192 valence electrons. The number of nitrogens with zero attached hydrogens (tertiary/aromatic N) is 3. The van der Waals surface area contributed by atoms with E-state index in [0.717, 1.165) is 33.7 Å². The Balaban J connectivity index is 0.000000468. The van der Waals surface area contributed by atoms with Gasteiger partial charge in [0.15, 0.2) is 6.23 Å². The van der Waals surface area contributed by atoms with E-state index in [0.29, 0.717) is 10.7 Å². The van der Waals surface area contributed by atoms with Gasteiger partial charge in [-0.1, -0.05) is 59.6 Å². The average molecular weight is 538 g/mol. The highest BCUT2D eigenvalue weighted by Crippen LogP contribution is 2.32. The Bertz CT molecular complexity index is 1270. The summed E-state index contributed by atoms with van der Waals surface area (Å²) in [6, 6.07) is 22.1. The second kappa shape index (κ2) is 13.3. The van der Waals surface area contributed by atoms with E-state index < -0.39 is 11.8 Å². The molecule has 0 fully saturated rings. The van der Waals surface area contributed by atoms with Gasteiger partial charge in [0, 0.05) is 36.3 Å². The summed E-state index contributed by atoms with van der Waals surface area (Å²) < 4.78 is 5.65. The molecule has 0 bridgehead atoms. The molecule has 0 aliphatic rings. The fourth-order valence-electron chi connectivity index (χ4n) is 3.82. The van der Waals surface area contributed by atoms with Gasteiger partial charge in [-0.2, -0.15) is 0 Å². The number of carbonyl (C=O) groups excluding carboxylic acids is 1. The van der Waals surface area contributed by atoms with Gasteiger partial charge in [-0.25, -0.2) is 0 Å². The van der Waals surface area contributed by atoms with Crippen LogP contribution in [0.3, 0.4) is 0 Å². The van der Waals surface area contributed by atoms with Crippen LogP contribution in [0.1, 0.15) is 41.1 Å². The molecule has 2 aromatic heterocycles. The zero-order valence-electron chi connectivity index (χ0n) is 20.9. The molecule has 2 atom stereocenters. The van der Waals surface area contributed by atoms with E-state index >= 15 is 0 Å². The lowest BCUT2D eigenvalue weighted by molar-refractivity contribution is -0.132. The fraction of sp³-hybridized carbons (Fsp3) is 0.207. The highest BCUT2D eigenvalue weighted by atomic mass is 35.5. The van der Waals surface area contributed by atoms with Crippen molar-refractivity contribution in [2.24, 2.45) is 0 Å². The molecule has 1 amide bonds. The summed E-state index contributed by atoms with van der Waals surface area (Å²) in [7, 11) is 1.55. The van der Waals surface area contributed by atoms with Gasteiger partial charge in [0.2, 0.25) is 6.41 Å². The molecule has 0 saturated carbocycles. The predicted octanol–water partition coefficient (Wildman–Crippen LogP) is 6.34. The van der Waals surface area contributed by atoms with Crippen molar-refractivity contribution in [3.8, 4) is 0 Å². The van der Waals surface area contributed by atoms with Gasteiger partial charge in [-0.3, -0.25) is 14.8 Å². The van der Waals surface area contributed by atoms with E-state index in [9.17, 15) is 9.90 Å². The van der Waals surface area contributed by atoms with Crippen molar-refractivity contribution in [2.45, 2.75) is 32.2 Å². The maximum atomic E-state index is 11.8. The first-order valence-corrected chi connectivity index (χ1v) is 12.3. The number of hydrogen-bond acceptors (Lipinski definition) is 5. The molecule has 0 saturated heterocycles. The summed E-state index contributed by atoms with van der Waals surface area (Å²) in [5, 5.41) is 12.4. The molecule has 0 aliphatic heterocycles. The molecule has 8 heteroatoms. The molecule has 6 nitrogen and oxygen atoms in total. The van der Waals surface area contributed by atoms with Crippen LogP contribution in [-0.2, 0) is 21.7 Å². The van der Waals surface area contributed by atoms with Gasteiger partial charge in [0.25, 0.3) is 0 Å². The van der Waals surface area contributed by atoms with Crippen molar-refractivity contribution >= 4 is 29.6 Å². The Kier molecular flexibility index (Phi) is 10.2. The number of halogens is 2. The van der Waals surface area contributed by atoms with Crippen LogP contribution >= 0.6 is 23.2 Å². The normalized spacial score (nSPS) is 13.0. The van der Waals surface area contributed by atoms with E-state index in [4.69, 9.17) is 27.9 Å². The minimum Gasteiger partial charge on any atom is -0.381 e. The number of pyridine rings is 2. The van der Waals surface area contributed by atoms with Crippen LogP contribution < -0.4 is 0 Å². The summed E-state index contributed by atoms with van der Waals surface area (Å²) >= 11 is 11.4. The van der Waals surface area contributed by atoms with Gasteiger partial charge >= 0.3 is 0 Å². The molecule has 1 N–H and O–H groups in total. The average Bonchev–Trinajstić information content (AvgIpc) is 2.91. The van der Waals surface area contributed by atoms with Crippen LogP contribution in [0, 0.1) is 6.92 Å². The molecule has 0 spiro atoms. The van der Waals surface area contributed by atoms with E-state index in [1.165, 1.54) is 4.90 Å². The van der Waals surface area contributed by atoms with Gasteiger partial charge in [-0.05, 0) is 66.9 Å². The van der Waals surface area contributed by atoms with E-state index in [1.54, 1.807) is 56.9 Å². The predicted molar refractivity (Wildman–Crippen MR) is 146 cm³/mol. The van der Waals surface area contributed by atoms with Crippen molar-refractivity contribution in [3.63, 3.8) is 0 Å². The molecule has 2 aromatic carbocycles. The summed E-state index contributed by atoms with van der Waals surface area (Å²) in [5.74, 6) is 0. The molecule has 2 unspecified atom stereocenters. The standard InChI is InChI=1S/C23H24ClN3O3.C6H5Cl/c1-16-12-18(23(2,29)17-8-10-25-11-9-17)4-7-21(16)22(30-3)27(15-28)14-20-6-5-19(24)13-26-20;7-6-4-2-1-3-5-6/h4-13,15,22,29H,14H2,1-3H3;1-5H. The van der Waals surface area contributed by atoms with Gasteiger partial charge in [0.1, 0.15) is 5.60 Å². The molecule has 4 rings (SSSR count). The minimum atomic E-state index is -1.17. The summed E-state index contributed by atoms with van der Waals surface area (Å²) in [4.78, 5) is 21.6. The minimum absolute atomic E-state index is 0.273. The highest BCUT2D eigenvalue weighted by Gasteiger charge is 2.28. The Morgan fingerprint density at radius 1 is 1.00 bits per heavy atom. The Morgan fingerprint density at radius 2 is 1.70 bits per heavy atom. The maximum absolute atomic E-state index is 11.8. The Labute approximate surface area is 227 Å². The first-order chi connectivity index (χ1) is 17.8. The van der Waals surface area contributed by atoms with Crippen LogP contribution in [-0.4, -0.2) is 33.5 Å². The van der Waals surface area contributed by atoms with Crippen LogP contribution in [0.5, 0.6) is 0 Å². The number of amides is 1. The van der Waals surface area contributed by atoms with Crippen LogP contribution in [0.15, 0.2) is 91.4 Å². The van der Waals surface area contributed by atoms with Crippen molar-refractivity contribution in [1.29, 1.82) is 0 Å². The van der Waals surface area contributed by atoms with Crippen molar-refractivity contribution in [1.82, 2.24) is 14.9 Å². The monoisotopic (exact) mass is 537 g/mol. The SMILES string of the molecule is COC(c1ccc(C(C)(O)c2ccncc2)cc1C)N(C=O)Cc1ccc(Cl)cn1.Clc1ccccc1. The smallest absolute Gasteiger partial charge is 0.212 e. The first-order valence-electron chi connectivity index (χ1n) is 11.5. The Morgan fingerprint density at radius 3 is 2.22 bits per heavy atom. The highest BCUT2D eigenvalue weighted by molar-refractivity contribution is 6.30. The van der Waals surface area contributed by atoms with E-state index in [2.05, 4.69) is 9.97 Å². The van der Waals surface area contributed by atoms with Crippen LogP contribution in [0.4, 0.5) is 0 Å². The molecule has 2 heterocycles. The Hall–Kier alpha value is -3.29. The van der Waals surface area contributed by atoms with E-state index in [-0.39, 0.29) is 6.54 Å². The third kappa shape index (κ3) is 7.60. The third-order valence-electron chi connectivity index (χ3n) is 5.87. The molecule has 0 aliphatic carbocycles. The quantitative estimate of drug-likeness (QED) is 0.209. The fourth-order valence-corrected chi connectivity index (χ4v) is 4.07. The van der Waals surface area contributed by atoms with Crippen molar-refractivity contribution < 1.29 is 14.6 Å².